The molecule has 0 spiro atoms. The molecular formula is C25H32N2OS2. The molecule has 2 aliphatic rings. The number of para-hydroxylation sites is 1. The third kappa shape index (κ3) is 4.67. The van der Waals surface area contributed by atoms with Gasteiger partial charge in [-0.1, -0.05) is 50.3 Å². The zero-order chi connectivity index (χ0) is 21.1. The molecule has 1 aliphatic heterocycles. The molecule has 0 saturated heterocycles. The molecule has 0 N–H and O–H groups in total. The zero-order valence-corrected chi connectivity index (χ0v) is 19.9. The third-order valence-corrected chi connectivity index (χ3v) is 8.33. The van der Waals surface area contributed by atoms with E-state index in [0.29, 0.717) is 0 Å². The minimum absolute atomic E-state index is 0.0994. The van der Waals surface area contributed by atoms with E-state index in [1.807, 2.05) is 54.2 Å². The molecule has 2 aromatic rings. The molecule has 3 nitrogen and oxygen atoms in total. The first-order chi connectivity index (χ1) is 14.6. The lowest BCUT2D eigenvalue weighted by molar-refractivity contribution is 0.0990. The molecule has 2 aromatic carbocycles. The molecule has 1 saturated carbocycles. The Bertz CT molecular complexity index is 900. The van der Waals surface area contributed by atoms with Crippen LogP contribution < -0.4 is 9.21 Å². The van der Waals surface area contributed by atoms with Crippen LogP contribution in [0.25, 0.3) is 0 Å². The molecular weight excluding hydrogens is 408 g/mol. The van der Waals surface area contributed by atoms with E-state index < -0.39 is 0 Å². The Morgan fingerprint density at radius 3 is 2.83 bits per heavy atom. The molecule has 2 unspecified atom stereocenters. The summed E-state index contributed by atoms with van der Waals surface area (Å²) in [5.41, 5.74) is 4.13. The van der Waals surface area contributed by atoms with Gasteiger partial charge < -0.3 is 9.21 Å². The first kappa shape index (κ1) is 21.6. The summed E-state index contributed by atoms with van der Waals surface area (Å²) in [6, 6.07) is 14.6. The van der Waals surface area contributed by atoms with E-state index in [0.717, 1.165) is 41.7 Å². The van der Waals surface area contributed by atoms with Gasteiger partial charge in [-0.15, -0.1) is 11.8 Å². The van der Waals surface area contributed by atoms with Crippen molar-refractivity contribution in [3.05, 3.63) is 53.6 Å². The summed E-state index contributed by atoms with van der Waals surface area (Å²) in [4.78, 5) is 16.7. The minimum Gasteiger partial charge on any atom is -0.319 e. The van der Waals surface area contributed by atoms with Crippen molar-refractivity contribution in [1.82, 2.24) is 0 Å². The first-order valence-electron chi connectivity index (χ1n) is 11.1. The van der Waals surface area contributed by atoms with Crippen LogP contribution in [0.15, 0.2) is 47.4 Å². The van der Waals surface area contributed by atoms with Gasteiger partial charge in [0.15, 0.2) is 0 Å². The minimum atomic E-state index is 0.0994. The quantitative estimate of drug-likeness (QED) is 0.327. The third-order valence-electron chi connectivity index (χ3n) is 6.40. The normalized spacial score (nSPS) is 19.6. The van der Waals surface area contributed by atoms with Crippen LogP contribution in [0, 0.1) is 11.8 Å². The summed E-state index contributed by atoms with van der Waals surface area (Å²) < 4.78 is 2.05. The van der Waals surface area contributed by atoms with Crippen molar-refractivity contribution in [2.24, 2.45) is 11.8 Å². The summed E-state index contributed by atoms with van der Waals surface area (Å²) in [6.45, 7) is 3.05. The first-order valence-corrected chi connectivity index (χ1v) is 13.2. The van der Waals surface area contributed by atoms with E-state index in [2.05, 4.69) is 29.4 Å². The predicted molar refractivity (Wildman–Crippen MR) is 132 cm³/mol. The van der Waals surface area contributed by atoms with Gasteiger partial charge in [0.1, 0.15) is 0 Å². The van der Waals surface area contributed by atoms with Crippen molar-refractivity contribution in [3.8, 4) is 0 Å². The highest BCUT2D eigenvalue weighted by Gasteiger charge is 2.36. The Kier molecular flexibility index (Phi) is 6.99. The van der Waals surface area contributed by atoms with Crippen LogP contribution in [-0.4, -0.2) is 31.5 Å². The van der Waals surface area contributed by atoms with Gasteiger partial charge in [0, 0.05) is 36.2 Å². The Morgan fingerprint density at radius 2 is 2.03 bits per heavy atom. The Hall–Kier alpha value is -1.59. The molecule has 0 bridgehead atoms. The summed E-state index contributed by atoms with van der Waals surface area (Å²) >= 11 is 3.61. The topological polar surface area (TPSA) is 23.6 Å². The summed E-state index contributed by atoms with van der Waals surface area (Å²) in [5, 5.41) is 0. The molecule has 1 amide bonds. The standard InChI is InChI=1S/C25H32N2OS2/c1-4-5-8-18-15-20(18)17-30-21-11-12-23-19(16-21)13-14-27(23)25(28)22-9-6-7-10-24(22)26(2)29-3/h6-7,9-12,16,18,20H,4-5,8,13-15,17H2,1-3H3. The number of fused-ring (bicyclic) bond motifs is 1. The number of rotatable bonds is 9. The molecule has 1 aliphatic carbocycles. The van der Waals surface area contributed by atoms with Gasteiger partial charge in [-0.05, 0) is 60.6 Å². The SMILES string of the molecule is CCCCC1CC1CSc1ccc2c(c1)CCN2C(=O)c1ccccc1N(C)SC. The number of hydrogen-bond donors (Lipinski definition) is 0. The average Bonchev–Trinajstić information content (AvgIpc) is 3.41. The molecule has 5 heteroatoms. The van der Waals surface area contributed by atoms with Gasteiger partial charge in [0.25, 0.3) is 5.91 Å². The van der Waals surface area contributed by atoms with Gasteiger partial charge in [0.2, 0.25) is 0 Å². The van der Waals surface area contributed by atoms with Crippen molar-refractivity contribution in [2.45, 2.75) is 43.9 Å². The number of thioether (sulfide) groups is 1. The van der Waals surface area contributed by atoms with E-state index >= 15 is 0 Å². The lowest BCUT2D eigenvalue weighted by atomic mass is 10.1. The number of anilines is 2. The lowest BCUT2D eigenvalue weighted by Gasteiger charge is -2.23. The van der Waals surface area contributed by atoms with Crippen LogP contribution in [0.2, 0.25) is 0 Å². The fourth-order valence-corrected chi connectivity index (χ4v) is 5.95. The van der Waals surface area contributed by atoms with Gasteiger partial charge in [-0.25, -0.2) is 0 Å². The number of hydrogen-bond acceptors (Lipinski definition) is 4. The Morgan fingerprint density at radius 1 is 1.20 bits per heavy atom. The summed E-state index contributed by atoms with van der Waals surface area (Å²) in [5.74, 6) is 3.23. The van der Waals surface area contributed by atoms with E-state index in [-0.39, 0.29) is 5.91 Å². The highest BCUT2D eigenvalue weighted by atomic mass is 32.2. The van der Waals surface area contributed by atoms with Crippen LogP contribution in [0.1, 0.15) is 48.5 Å². The highest BCUT2D eigenvalue weighted by molar-refractivity contribution is 8.00. The Balaban J connectivity index is 1.42. The number of unbranched alkanes of at least 4 members (excludes halogenated alkanes) is 1. The smallest absolute Gasteiger partial charge is 0.260 e. The van der Waals surface area contributed by atoms with Gasteiger partial charge in [-0.3, -0.25) is 4.79 Å². The van der Waals surface area contributed by atoms with Crippen molar-refractivity contribution in [1.29, 1.82) is 0 Å². The van der Waals surface area contributed by atoms with Gasteiger partial charge in [0.05, 0.1) is 11.3 Å². The maximum atomic E-state index is 13.4. The number of nitrogens with zero attached hydrogens (tertiary/aromatic N) is 2. The largest absolute Gasteiger partial charge is 0.319 e. The second kappa shape index (κ2) is 9.69. The van der Waals surface area contributed by atoms with Crippen LogP contribution in [0.5, 0.6) is 0 Å². The molecule has 160 valence electrons. The van der Waals surface area contributed by atoms with Crippen molar-refractivity contribution >= 4 is 41.0 Å². The summed E-state index contributed by atoms with van der Waals surface area (Å²) in [7, 11) is 2.00. The van der Waals surface area contributed by atoms with E-state index in [1.54, 1.807) is 11.9 Å². The predicted octanol–water partition coefficient (Wildman–Crippen LogP) is 6.52. The van der Waals surface area contributed by atoms with Gasteiger partial charge in [-0.2, -0.15) is 0 Å². The highest BCUT2D eigenvalue weighted by Crippen LogP contribution is 2.45. The molecule has 0 aromatic heterocycles. The fourth-order valence-electron chi connectivity index (χ4n) is 4.39. The van der Waals surface area contributed by atoms with Crippen LogP contribution in [0.4, 0.5) is 11.4 Å². The van der Waals surface area contributed by atoms with E-state index in [4.69, 9.17) is 0 Å². The maximum absolute atomic E-state index is 13.4. The maximum Gasteiger partial charge on any atom is 0.260 e. The van der Waals surface area contributed by atoms with Crippen LogP contribution in [0.3, 0.4) is 0 Å². The van der Waals surface area contributed by atoms with Crippen molar-refractivity contribution in [2.75, 3.05) is 34.8 Å². The molecule has 1 fully saturated rings. The number of benzene rings is 2. The fraction of sp³-hybridized carbons (Fsp3) is 0.480. The average molecular weight is 441 g/mol. The van der Waals surface area contributed by atoms with Gasteiger partial charge >= 0.3 is 0 Å². The number of carbonyl (C=O) groups excluding carboxylic acids is 1. The molecule has 0 radical (unpaired) electrons. The lowest BCUT2D eigenvalue weighted by Crippen LogP contribution is -2.30. The summed E-state index contributed by atoms with van der Waals surface area (Å²) in [6.07, 6.45) is 8.50. The van der Waals surface area contributed by atoms with Crippen molar-refractivity contribution in [3.63, 3.8) is 0 Å². The molecule has 30 heavy (non-hydrogen) atoms. The van der Waals surface area contributed by atoms with Crippen LogP contribution in [-0.2, 0) is 6.42 Å². The number of carbonyl (C=O) groups is 1. The monoisotopic (exact) mass is 440 g/mol. The second-order valence-corrected chi connectivity index (χ2v) is 10.4. The van der Waals surface area contributed by atoms with Crippen molar-refractivity contribution < 1.29 is 4.79 Å². The molecule has 4 rings (SSSR count). The Labute approximate surface area is 189 Å². The zero-order valence-electron chi connectivity index (χ0n) is 18.3. The second-order valence-electron chi connectivity index (χ2n) is 8.40. The van der Waals surface area contributed by atoms with Crippen LogP contribution >= 0.6 is 23.7 Å². The van der Waals surface area contributed by atoms with E-state index in [1.165, 1.54) is 41.9 Å². The molecule has 2 atom stereocenters. The van der Waals surface area contributed by atoms with E-state index in [9.17, 15) is 4.79 Å². The molecule has 1 heterocycles. The number of amides is 1.